The number of carbonyl (C=O) groups excluding carboxylic acids is 2. The van der Waals surface area contributed by atoms with Gasteiger partial charge in [0.15, 0.2) is 5.69 Å². The molecule has 0 saturated carbocycles. The molecule has 0 fully saturated rings. The number of hydrogen-bond donors (Lipinski definition) is 2. The van der Waals surface area contributed by atoms with Gasteiger partial charge in [-0.15, -0.1) is 6.58 Å². The zero-order valence-corrected chi connectivity index (χ0v) is 12.6. The normalized spacial score (nSPS) is 10.4. The first-order valence-electron chi connectivity index (χ1n) is 7.33. The molecule has 6 nitrogen and oxygen atoms in total. The molecule has 2 amide bonds. The highest BCUT2D eigenvalue weighted by molar-refractivity contribution is 6.02. The summed E-state index contributed by atoms with van der Waals surface area (Å²) in [6.07, 6.45) is 5.22. The molecule has 0 aromatic carbocycles. The van der Waals surface area contributed by atoms with Crippen molar-refractivity contribution in [2.45, 2.75) is 19.8 Å². The first-order chi connectivity index (χ1) is 10.7. The standard InChI is InChI=1S/C16H20N4O2/c1-3-5-10-18-16(22)14-19-13(15(21)17-9-4-2)12-8-6-7-11-20(12)14/h4,6-8,11H,2-3,5,9-10H2,1H3,(H,17,21)(H,18,22). The molecule has 2 rings (SSSR count). The van der Waals surface area contributed by atoms with Crippen molar-refractivity contribution in [1.29, 1.82) is 0 Å². The highest BCUT2D eigenvalue weighted by Gasteiger charge is 2.20. The fourth-order valence-corrected chi connectivity index (χ4v) is 2.07. The molecule has 0 radical (unpaired) electrons. The average Bonchev–Trinajstić information content (AvgIpc) is 2.92. The third-order valence-electron chi connectivity index (χ3n) is 3.19. The molecule has 2 aromatic rings. The van der Waals surface area contributed by atoms with Crippen LogP contribution in [0.3, 0.4) is 0 Å². The number of nitrogens with zero attached hydrogens (tertiary/aromatic N) is 2. The molecule has 2 heterocycles. The van der Waals surface area contributed by atoms with Crippen LogP contribution >= 0.6 is 0 Å². The summed E-state index contributed by atoms with van der Waals surface area (Å²) in [5, 5.41) is 5.50. The summed E-state index contributed by atoms with van der Waals surface area (Å²) in [5.74, 6) is -0.385. The predicted molar refractivity (Wildman–Crippen MR) is 85.0 cm³/mol. The number of amides is 2. The highest BCUT2D eigenvalue weighted by Crippen LogP contribution is 2.13. The Kier molecular flexibility index (Phi) is 5.30. The van der Waals surface area contributed by atoms with Crippen LogP contribution in [0.2, 0.25) is 0 Å². The molecule has 0 spiro atoms. The van der Waals surface area contributed by atoms with Gasteiger partial charge in [0.1, 0.15) is 0 Å². The molecule has 6 heteroatoms. The Labute approximate surface area is 129 Å². The SMILES string of the molecule is C=CCNC(=O)c1nc(C(=O)NCCCC)n2ccccc12. The first kappa shape index (κ1) is 15.8. The minimum absolute atomic E-state index is 0.218. The number of fused-ring (bicyclic) bond motifs is 1. The molecule has 0 saturated heterocycles. The minimum atomic E-state index is -0.323. The smallest absolute Gasteiger partial charge is 0.287 e. The number of hydrogen-bond acceptors (Lipinski definition) is 3. The number of aromatic nitrogens is 2. The van der Waals surface area contributed by atoms with E-state index in [2.05, 4.69) is 29.1 Å². The van der Waals surface area contributed by atoms with Crippen LogP contribution in [0, 0.1) is 0 Å². The maximum Gasteiger partial charge on any atom is 0.287 e. The summed E-state index contributed by atoms with van der Waals surface area (Å²) in [5.41, 5.74) is 0.841. The third kappa shape index (κ3) is 3.33. The van der Waals surface area contributed by atoms with Crippen molar-refractivity contribution in [1.82, 2.24) is 20.0 Å². The van der Waals surface area contributed by atoms with Crippen LogP contribution < -0.4 is 10.6 Å². The molecule has 0 aliphatic heterocycles. The van der Waals surface area contributed by atoms with Crippen LogP contribution in [0.5, 0.6) is 0 Å². The quantitative estimate of drug-likeness (QED) is 0.604. The van der Waals surface area contributed by atoms with Gasteiger partial charge in [-0.2, -0.15) is 0 Å². The van der Waals surface area contributed by atoms with E-state index in [0.717, 1.165) is 12.8 Å². The topological polar surface area (TPSA) is 75.5 Å². The lowest BCUT2D eigenvalue weighted by molar-refractivity contribution is 0.0942. The molecular formula is C16H20N4O2. The van der Waals surface area contributed by atoms with Crippen LogP contribution in [0.15, 0.2) is 37.1 Å². The number of unbranched alkanes of at least 4 members (excludes halogenated alkanes) is 1. The first-order valence-corrected chi connectivity index (χ1v) is 7.33. The lowest BCUT2D eigenvalue weighted by Gasteiger charge is -2.02. The zero-order chi connectivity index (χ0) is 15.9. The minimum Gasteiger partial charge on any atom is -0.349 e. The van der Waals surface area contributed by atoms with E-state index in [-0.39, 0.29) is 23.3 Å². The van der Waals surface area contributed by atoms with E-state index >= 15 is 0 Å². The van der Waals surface area contributed by atoms with Gasteiger partial charge >= 0.3 is 0 Å². The van der Waals surface area contributed by atoms with E-state index in [0.29, 0.717) is 18.6 Å². The van der Waals surface area contributed by atoms with Crippen molar-refractivity contribution in [3.05, 3.63) is 48.6 Å². The second kappa shape index (κ2) is 7.40. The summed E-state index contributed by atoms with van der Waals surface area (Å²) < 4.78 is 1.63. The van der Waals surface area contributed by atoms with E-state index in [1.165, 1.54) is 0 Å². The summed E-state index contributed by atoms with van der Waals surface area (Å²) in [7, 11) is 0. The van der Waals surface area contributed by atoms with Crippen molar-refractivity contribution < 1.29 is 9.59 Å². The Bertz CT molecular complexity index is 691. The molecule has 0 unspecified atom stereocenters. The predicted octanol–water partition coefficient (Wildman–Crippen LogP) is 1.78. The number of carbonyl (C=O) groups is 2. The fraction of sp³-hybridized carbons (Fsp3) is 0.312. The van der Waals surface area contributed by atoms with Crippen molar-refractivity contribution >= 4 is 17.3 Å². The van der Waals surface area contributed by atoms with Gasteiger partial charge in [-0.1, -0.05) is 25.5 Å². The Balaban J connectivity index is 2.33. The summed E-state index contributed by atoms with van der Waals surface area (Å²) in [4.78, 5) is 28.6. The van der Waals surface area contributed by atoms with E-state index < -0.39 is 0 Å². The van der Waals surface area contributed by atoms with Gasteiger partial charge in [0, 0.05) is 19.3 Å². The molecular weight excluding hydrogens is 280 g/mol. The zero-order valence-electron chi connectivity index (χ0n) is 12.6. The second-order valence-electron chi connectivity index (χ2n) is 4.85. The number of pyridine rings is 1. The molecule has 116 valence electrons. The van der Waals surface area contributed by atoms with Crippen LogP contribution in [-0.4, -0.2) is 34.3 Å². The van der Waals surface area contributed by atoms with Crippen LogP contribution in [-0.2, 0) is 0 Å². The molecule has 2 aromatic heterocycles. The van der Waals surface area contributed by atoms with Gasteiger partial charge in [-0.05, 0) is 18.6 Å². The molecule has 0 atom stereocenters. The van der Waals surface area contributed by atoms with Crippen molar-refractivity contribution in [2.24, 2.45) is 0 Å². The third-order valence-corrected chi connectivity index (χ3v) is 3.19. The average molecular weight is 300 g/mol. The lowest BCUT2D eigenvalue weighted by Crippen LogP contribution is -2.27. The molecule has 22 heavy (non-hydrogen) atoms. The Morgan fingerprint density at radius 3 is 2.86 bits per heavy atom. The summed E-state index contributed by atoms with van der Waals surface area (Å²) in [6.45, 7) is 6.56. The second-order valence-corrected chi connectivity index (χ2v) is 4.85. The van der Waals surface area contributed by atoms with E-state index in [4.69, 9.17) is 0 Å². The van der Waals surface area contributed by atoms with E-state index in [1.54, 1.807) is 34.9 Å². The lowest BCUT2D eigenvalue weighted by atomic mass is 10.3. The molecule has 2 N–H and O–H groups in total. The van der Waals surface area contributed by atoms with Gasteiger partial charge in [-0.3, -0.25) is 14.0 Å². The number of imidazole rings is 1. The van der Waals surface area contributed by atoms with Gasteiger partial charge < -0.3 is 10.6 Å². The maximum atomic E-state index is 12.2. The summed E-state index contributed by atoms with van der Waals surface area (Å²) in [6, 6.07) is 5.36. The van der Waals surface area contributed by atoms with Gasteiger partial charge in [-0.25, -0.2) is 4.98 Å². The van der Waals surface area contributed by atoms with Crippen molar-refractivity contribution in [3.8, 4) is 0 Å². The summed E-state index contributed by atoms with van der Waals surface area (Å²) >= 11 is 0. The monoisotopic (exact) mass is 300 g/mol. The van der Waals surface area contributed by atoms with E-state index in [9.17, 15) is 9.59 Å². The van der Waals surface area contributed by atoms with E-state index in [1.807, 2.05) is 0 Å². The Morgan fingerprint density at radius 1 is 1.32 bits per heavy atom. The maximum absolute atomic E-state index is 12.2. The largest absolute Gasteiger partial charge is 0.349 e. The van der Waals surface area contributed by atoms with Gasteiger partial charge in [0.25, 0.3) is 11.8 Å². The molecule has 0 aliphatic rings. The van der Waals surface area contributed by atoms with Gasteiger partial charge in [0.2, 0.25) is 5.82 Å². The molecule has 0 bridgehead atoms. The van der Waals surface area contributed by atoms with Crippen molar-refractivity contribution in [2.75, 3.05) is 13.1 Å². The number of rotatable bonds is 7. The van der Waals surface area contributed by atoms with Crippen LogP contribution in [0.4, 0.5) is 0 Å². The van der Waals surface area contributed by atoms with Crippen LogP contribution in [0.25, 0.3) is 5.52 Å². The fourth-order valence-electron chi connectivity index (χ4n) is 2.07. The molecule has 0 aliphatic carbocycles. The van der Waals surface area contributed by atoms with Gasteiger partial charge in [0.05, 0.1) is 5.52 Å². The number of nitrogens with one attached hydrogen (secondary N) is 2. The highest BCUT2D eigenvalue weighted by atomic mass is 16.2. The van der Waals surface area contributed by atoms with Crippen LogP contribution in [0.1, 0.15) is 40.9 Å². The Hall–Kier alpha value is -2.63. The van der Waals surface area contributed by atoms with Crippen molar-refractivity contribution in [3.63, 3.8) is 0 Å². The Morgan fingerprint density at radius 2 is 2.14 bits per heavy atom.